The number of rotatable bonds is 8. The molecule has 0 aromatic heterocycles. The summed E-state index contributed by atoms with van der Waals surface area (Å²) in [6.07, 6.45) is 5.33. The van der Waals surface area contributed by atoms with Crippen molar-refractivity contribution in [2.45, 2.75) is 60.3 Å². The van der Waals surface area contributed by atoms with Gasteiger partial charge in [-0.15, -0.1) is 6.61 Å². The van der Waals surface area contributed by atoms with Gasteiger partial charge in [0.2, 0.25) is 0 Å². The summed E-state index contributed by atoms with van der Waals surface area (Å²) in [5.74, 6) is 0. The van der Waals surface area contributed by atoms with Crippen LogP contribution in [0, 0.1) is 0 Å². The Kier molecular flexibility index (Phi) is 14.8. The molecule has 0 heterocycles. The number of hydrogen-bond acceptors (Lipinski definition) is 1. The topological polar surface area (TPSA) is 23.1 Å². The quantitative estimate of drug-likeness (QED) is 0.589. The molecule has 0 spiro atoms. The lowest BCUT2D eigenvalue weighted by Gasteiger charge is -2.38. The van der Waals surface area contributed by atoms with Gasteiger partial charge in [0.25, 0.3) is 0 Å². The van der Waals surface area contributed by atoms with Gasteiger partial charge in [-0.1, -0.05) is 34.6 Å². The van der Waals surface area contributed by atoms with Crippen molar-refractivity contribution in [2.24, 2.45) is 0 Å². The Morgan fingerprint density at radius 3 is 0.938 bits per heavy atom. The van der Waals surface area contributed by atoms with Gasteiger partial charge >= 0.3 is 0 Å². The standard InChI is InChI=1S/C12H28N.C2H5O/c1-5-9-13(10-6-2,11-7-3)12-8-4;1-2-3/h5-12H2,1-4H3;2H2,1H3/q+1;-1. The molecule has 0 aliphatic heterocycles. The Balaban J connectivity index is 0. The number of hydrogen-bond donors (Lipinski definition) is 0. The zero-order valence-electron chi connectivity index (χ0n) is 12.2. The van der Waals surface area contributed by atoms with Crippen LogP contribution in [-0.4, -0.2) is 37.3 Å². The van der Waals surface area contributed by atoms with E-state index in [0.29, 0.717) is 0 Å². The average Bonchev–Trinajstić information content (AvgIpc) is 2.20. The summed E-state index contributed by atoms with van der Waals surface area (Å²) in [6, 6.07) is 0. The SMILES string of the molecule is CCC[N+](CCC)(CCC)CCC.CC[O-]. The molecular formula is C14H33NO. The van der Waals surface area contributed by atoms with Gasteiger partial charge in [-0.05, 0) is 25.7 Å². The van der Waals surface area contributed by atoms with Gasteiger partial charge in [-0.3, -0.25) is 0 Å². The maximum atomic E-state index is 8.93. The largest absolute Gasteiger partial charge is 0.855 e. The van der Waals surface area contributed by atoms with Crippen LogP contribution in [-0.2, 0) is 0 Å². The van der Waals surface area contributed by atoms with Crippen molar-refractivity contribution in [1.82, 2.24) is 0 Å². The molecule has 0 aliphatic rings. The molecule has 0 fully saturated rings. The first-order chi connectivity index (χ1) is 7.66. The molecule has 0 atom stereocenters. The van der Waals surface area contributed by atoms with Gasteiger partial charge in [-0.25, -0.2) is 0 Å². The van der Waals surface area contributed by atoms with E-state index >= 15 is 0 Å². The lowest BCUT2D eigenvalue weighted by Crippen LogP contribution is -2.50. The van der Waals surface area contributed by atoms with Crippen molar-refractivity contribution in [3.8, 4) is 0 Å². The molecule has 0 amide bonds. The molecule has 0 saturated carbocycles. The normalized spacial score (nSPS) is 10.9. The average molecular weight is 231 g/mol. The molecule has 0 N–H and O–H groups in total. The Bertz CT molecular complexity index is 96.4. The van der Waals surface area contributed by atoms with Crippen LogP contribution >= 0.6 is 0 Å². The maximum absolute atomic E-state index is 8.93. The smallest absolute Gasteiger partial charge is 0.0783 e. The van der Waals surface area contributed by atoms with E-state index in [1.165, 1.54) is 56.3 Å². The van der Waals surface area contributed by atoms with Crippen molar-refractivity contribution in [2.75, 3.05) is 32.8 Å². The zero-order chi connectivity index (χ0) is 12.9. The predicted molar refractivity (Wildman–Crippen MR) is 71.4 cm³/mol. The van der Waals surface area contributed by atoms with E-state index < -0.39 is 0 Å². The molecule has 0 bridgehead atoms. The van der Waals surface area contributed by atoms with Gasteiger partial charge < -0.3 is 9.59 Å². The molecule has 0 saturated heterocycles. The molecule has 0 unspecified atom stereocenters. The molecule has 0 radical (unpaired) electrons. The Morgan fingerprint density at radius 2 is 0.812 bits per heavy atom. The second-order valence-electron chi connectivity index (χ2n) is 4.52. The highest BCUT2D eigenvalue weighted by Gasteiger charge is 2.22. The Labute approximate surface area is 103 Å². The number of nitrogens with zero attached hydrogens (tertiary/aromatic N) is 1. The summed E-state index contributed by atoms with van der Waals surface area (Å²) >= 11 is 0. The van der Waals surface area contributed by atoms with Crippen molar-refractivity contribution < 1.29 is 9.59 Å². The first-order valence-corrected chi connectivity index (χ1v) is 7.09. The zero-order valence-corrected chi connectivity index (χ0v) is 12.2. The van der Waals surface area contributed by atoms with E-state index in [1.807, 2.05) is 0 Å². The maximum Gasteiger partial charge on any atom is 0.0783 e. The minimum atomic E-state index is 0. The third-order valence-corrected chi connectivity index (χ3v) is 2.79. The van der Waals surface area contributed by atoms with Crippen molar-refractivity contribution >= 4 is 0 Å². The van der Waals surface area contributed by atoms with Crippen LogP contribution in [0.4, 0.5) is 0 Å². The lowest BCUT2D eigenvalue weighted by molar-refractivity contribution is -0.928. The van der Waals surface area contributed by atoms with E-state index in [2.05, 4.69) is 27.7 Å². The molecule has 16 heavy (non-hydrogen) atoms. The summed E-state index contributed by atoms with van der Waals surface area (Å²) in [4.78, 5) is 0. The Hall–Kier alpha value is -0.0800. The van der Waals surface area contributed by atoms with Crippen LogP contribution in [0.15, 0.2) is 0 Å². The van der Waals surface area contributed by atoms with Crippen LogP contribution in [0.1, 0.15) is 60.3 Å². The van der Waals surface area contributed by atoms with Gasteiger partial charge in [0, 0.05) is 0 Å². The molecule has 0 rings (SSSR count). The van der Waals surface area contributed by atoms with Gasteiger partial charge in [-0.2, -0.15) is 0 Å². The molecule has 2 heteroatoms. The van der Waals surface area contributed by atoms with Gasteiger partial charge in [0.15, 0.2) is 0 Å². The third-order valence-electron chi connectivity index (χ3n) is 2.79. The highest BCUT2D eigenvalue weighted by molar-refractivity contribution is 4.43. The van der Waals surface area contributed by atoms with Crippen LogP contribution in [0.2, 0.25) is 0 Å². The van der Waals surface area contributed by atoms with Crippen LogP contribution in [0.3, 0.4) is 0 Å². The summed E-state index contributed by atoms with van der Waals surface area (Å²) in [7, 11) is 0. The van der Waals surface area contributed by atoms with Crippen molar-refractivity contribution in [3.05, 3.63) is 0 Å². The van der Waals surface area contributed by atoms with Gasteiger partial charge in [0.1, 0.15) is 0 Å². The molecule has 0 aromatic carbocycles. The van der Waals surface area contributed by atoms with Crippen molar-refractivity contribution in [1.29, 1.82) is 0 Å². The summed E-state index contributed by atoms with van der Waals surface area (Å²) < 4.78 is 1.38. The minimum absolute atomic E-state index is 0. The van der Waals surface area contributed by atoms with Gasteiger partial charge in [0.05, 0.1) is 26.2 Å². The fourth-order valence-corrected chi connectivity index (χ4v) is 2.57. The van der Waals surface area contributed by atoms with Crippen molar-refractivity contribution in [3.63, 3.8) is 0 Å². The summed E-state index contributed by atoms with van der Waals surface area (Å²) in [5.41, 5.74) is 0. The lowest BCUT2D eigenvalue weighted by atomic mass is 10.2. The molecule has 2 nitrogen and oxygen atoms in total. The Morgan fingerprint density at radius 1 is 0.625 bits per heavy atom. The first kappa shape index (κ1) is 18.3. The molecular weight excluding hydrogens is 198 g/mol. The highest BCUT2D eigenvalue weighted by atomic mass is 16.2. The van der Waals surface area contributed by atoms with E-state index in [9.17, 15) is 0 Å². The fourth-order valence-electron chi connectivity index (χ4n) is 2.57. The van der Waals surface area contributed by atoms with Crippen LogP contribution in [0.25, 0.3) is 0 Å². The summed E-state index contributed by atoms with van der Waals surface area (Å²) in [5, 5.41) is 8.93. The molecule has 0 aromatic rings. The number of quaternary nitrogens is 1. The van der Waals surface area contributed by atoms with E-state index in [-0.39, 0.29) is 6.61 Å². The summed E-state index contributed by atoms with van der Waals surface area (Å²) in [6.45, 7) is 16.4. The first-order valence-electron chi connectivity index (χ1n) is 7.09. The van der Waals surface area contributed by atoms with Crippen LogP contribution in [0.5, 0.6) is 0 Å². The van der Waals surface area contributed by atoms with E-state index in [1.54, 1.807) is 6.92 Å². The van der Waals surface area contributed by atoms with Crippen LogP contribution < -0.4 is 5.11 Å². The van der Waals surface area contributed by atoms with E-state index in [0.717, 1.165) is 0 Å². The monoisotopic (exact) mass is 231 g/mol. The molecule has 0 aliphatic carbocycles. The second-order valence-corrected chi connectivity index (χ2v) is 4.52. The minimum Gasteiger partial charge on any atom is -0.855 e. The fraction of sp³-hybridized carbons (Fsp3) is 1.00. The third kappa shape index (κ3) is 9.17. The van der Waals surface area contributed by atoms with E-state index in [4.69, 9.17) is 5.11 Å². The highest BCUT2D eigenvalue weighted by Crippen LogP contribution is 2.12. The second kappa shape index (κ2) is 13.0. The predicted octanol–water partition coefficient (Wildman–Crippen LogP) is 2.81. The molecule has 100 valence electrons.